The SMILES string of the molecule is C=CCS(=O)(=O)C(C)C(=O)NCc1ccc(C)cc1. The van der Waals surface area contributed by atoms with E-state index in [4.69, 9.17) is 0 Å². The summed E-state index contributed by atoms with van der Waals surface area (Å²) in [4.78, 5) is 11.8. The largest absolute Gasteiger partial charge is 0.351 e. The van der Waals surface area contributed by atoms with Crippen LogP contribution in [0.4, 0.5) is 0 Å². The van der Waals surface area contributed by atoms with Gasteiger partial charge in [-0.2, -0.15) is 0 Å². The molecule has 5 heteroatoms. The third-order valence-corrected chi connectivity index (χ3v) is 4.84. The quantitative estimate of drug-likeness (QED) is 0.806. The number of nitrogens with one attached hydrogen (secondary N) is 1. The predicted molar refractivity (Wildman–Crippen MR) is 76.5 cm³/mol. The van der Waals surface area contributed by atoms with Gasteiger partial charge in [-0.15, -0.1) is 6.58 Å². The molecule has 0 bridgehead atoms. The fraction of sp³-hybridized carbons (Fsp3) is 0.357. The molecule has 1 N–H and O–H groups in total. The minimum absolute atomic E-state index is 0.188. The number of carbonyl (C=O) groups is 1. The molecule has 1 aromatic carbocycles. The molecule has 1 rings (SSSR count). The van der Waals surface area contributed by atoms with Gasteiger partial charge < -0.3 is 5.32 Å². The average Bonchev–Trinajstić information content (AvgIpc) is 2.36. The number of hydrogen-bond donors (Lipinski definition) is 1. The maximum absolute atomic E-state index is 11.8. The summed E-state index contributed by atoms with van der Waals surface area (Å²) in [6, 6.07) is 7.69. The fourth-order valence-corrected chi connectivity index (χ4v) is 2.54. The van der Waals surface area contributed by atoms with Gasteiger partial charge >= 0.3 is 0 Å². The van der Waals surface area contributed by atoms with Crippen molar-refractivity contribution in [3.8, 4) is 0 Å². The Labute approximate surface area is 114 Å². The molecule has 104 valence electrons. The van der Waals surface area contributed by atoms with Crippen LogP contribution >= 0.6 is 0 Å². The first-order valence-electron chi connectivity index (χ1n) is 6.02. The van der Waals surface area contributed by atoms with Crippen LogP contribution in [0.25, 0.3) is 0 Å². The van der Waals surface area contributed by atoms with E-state index < -0.39 is 21.0 Å². The van der Waals surface area contributed by atoms with Gasteiger partial charge in [0.2, 0.25) is 5.91 Å². The summed E-state index contributed by atoms with van der Waals surface area (Å²) in [6.07, 6.45) is 1.29. The van der Waals surface area contributed by atoms with Crippen LogP contribution in [0.15, 0.2) is 36.9 Å². The lowest BCUT2D eigenvalue weighted by molar-refractivity contribution is -0.120. The highest BCUT2D eigenvalue weighted by Gasteiger charge is 2.26. The lowest BCUT2D eigenvalue weighted by atomic mass is 10.1. The van der Waals surface area contributed by atoms with Crippen molar-refractivity contribution in [2.45, 2.75) is 25.6 Å². The molecule has 0 saturated carbocycles. The van der Waals surface area contributed by atoms with Gasteiger partial charge in [-0.25, -0.2) is 8.42 Å². The highest BCUT2D eigenvalue weighted by atomic mass is 32.2. The van der Waals surface area contributed by atoms with Gasteiger partial charge in [0.15, 0.2) is 9.84 Å². The number of benzene rings is 1. The van der Waals surface area contributed by atoms with Gasteiger partial charge in [-0.05, 0) is 19.4 Å². The minimum atomic E-state index is -3.45. The second kappa shape index (κ2) is 6.52. The number of rotatable bonds is 6. The van der Waals surface area contributed by atoms with Crippen molar-refractivity contribution < 1.29 is 13.2 Å². The van der Waals surface area contributed by atoms with E-state index in [1.807, 2.05) is 31.2 Å². The standard InChI is InChI=1S/C14H19NO3S/c1-4-9-19(17,18)12(3)14(16)15-10-13-7-5-11(2)6-8-13/h4-8,12H,1,9-10H2,2-3H3,(H,15,16). The van der Waals surface area contributed by atoms with E-state index >= 15 is 0 Å². The molecule has 0 spiro atoms. The number of aryl methyl sites for hydroxylation is 1. The molecular weight excluding hydrogens is 262 g/mol. The summed E-state index contributed by atoms with van der Waals surface area (Å²) in [5, 5.41) is 1.57. The number of amides is 1. The highest BCUT2D eigenvalue weighted by Crippen LogP contribution is 2.05. The van der Waals surface area contributed by atoms with Crippen molar-refractivity contribution in [1.82, 2.24) is 5.32 Å². The number of hydrogen-bond acceptors (Lipinski definition) is 3. The van der Waals surface area contributed by atoms with Crippen molar-refractivity contribution in [2.75, 3.05) is 5.75 Å². The van der Waals surface area contributed by atoms with Crippen molar-refractivity contribution in [1.29, 1.82) is 0 Å². The average molecular weight is 281 g/mol. The van der Waals surface area contributed by atoms with E-state index in [2.05, 4.69) is 11.9 Å². The van der Waals surface area contributed by atoms with Crippen LogP contribution in [0.5, 0.6) is 0 Å². The van der Waals surface area contributed by atoms with Gasteiger partial charge in [-0.3, -0.25) is 4.79 Å². The molecule has 1 unspecified atom stereocenters. The van der Waals surface area contributed by atoms with Crippen LogP contribution in [0.1, 0.15) is 18.1 Å². The van der Waals surface area contributed by atoms with E-state index in [1.165, 1.54) is 13.0 Å². The molecule has 0 aromatic heterocycles. The normalized spacial score (nSPS) is 12.7. The highest BCUT2D eigenvalue weighted by molar-refractivity contribution is 7.92. The molecule has 0 saturated heterocycles. The Morgan fingerprint density at radius 2 is 1.95 bits per heavy atom. The van der Waals surface area contributed by atoms with E-state index in [0.29, 0.717) is 6.54 Å². The molecule has 0 aliphatic heterocycles. The minimum Gasteiger partial charge on any atom is -0.351 e. The predicted octanol–water partition coefficient (Wildman–Crippen LogP) is 1.60. The lowest BCUT2D eigenvalue weighted by Gasteiger charge is -2.12. The van der Waals surface area contributed by atoms with Gasteiger partial charge in [0.1, 0.15) is 5.25 Å². The molecule has 19 heavy (non-hydrogen) atoms. The number of sulfone groups is 1. The smallest absolute Gasteiger partial charge is 0.238 e. The Morgan fingerprint density at radius 3 is 2.47 bits per heavy atom. The first-order chi connectivity index (χ1) is 8.86. The van der Waals surface area contributed by atoms with Gasteiger partial charge in [-0.1, -0.05) is 35.9 Å². The summed E-state index contributed by atoms with van der Waals surface area (Å²) in [5.41, 5.74) is 2.07. The molecule has 0 fully saturated rings. The molecule has 1 atom stereocenters. The van der Waals surface area contributed by atoms with Crippen LogP contribution in [0.2, 0.25) is 0 Å². The first-order valence-corrected chi connectivity index (χ1v) is 7.74. The van der Waals surface area contributed by atoms with Crippen LogP contribution in [0.3, 0.4) is 0 Å². The first kappa shape index (κ1) is 15.4. The third kappa shape index (κ3) is 4.52. The van der Waals surface area contributed by atoms with Crippen LogP contribution in [-0.4, -0.2) is 25.3 Å². The summed E-state index contributed by atoms with van der Waals surface area (Å²) in [6.45, 7) is 7.08. The van der Waals surface area contributed by atoms with Crippen LogP contribution in [-0.2, 0) is 21.2 Å². The van der Waals surface area contributed by atoms with E-state index in [1.54, 1.807) is 0 Å². The summed E-state index contributed by atoms with van der Waals surface area (Å²) in [7, 11) is -3.45. The van der Waals surface area contributed by atoms with E-state index in [0.717, 1.165) is 11.1 Å². The van der Waals surface area contributed by atoms with E-state index in [9.17, 15) is 13.2 Å². The maximum atomic E-state index is 11.8. The Bertz CT molecular complexity index is 547. The second-order valence-corrected chi connectivity index (χ2v) is 6.83. The Morgan fingerprint density at radius 1 is 1.37 bits per heavy atom. The zero-order chi connectivity index (χ0) is 14.5. The molecule has 0 radical (unpaired) electrons. The summed E-state index contributed by atoms with van der Waals surface area (Å²) < 4.78 is 23.4. The van der Waals surface area contributed by atoms with Gasteiger partial charge in [0.05, 0.1) is 5.75 Å². The zero-order valence-corrected chi connectivity index (χ0v) is 12.0. The summed E-state index contributed by atoms with van der Waals surface area (Å²) >= 11 is 0. The maximum Gasteiger partial charge on any atom is 0.238 e. The Hall–Kier alpha value is -1.62. The Kier molecular flexibility index (Phi) is 5.30. The van der Waals surface area contributed by atoms with Crippen LogP contribution in [0, 0.1) is 6.92 Å². The summed E-state index contributed by atoms with van der Waals surface area (Å²) in [5.74, 6) is -0.672. The zero-order valence-electron chi connectivity index (χ0n) is 11.2. The second-order valence-electron chi connectivity index (χ2n) is 4.46. The monoisotopic (exact) mass is 281 g/mol. The third-order valence-electron chi connectivity index (χ3n) is 2.85. The van der Waals surface area contributed by atoms with Gasteiger partial charge in [0.25, 0.3) is 0 Å². The van der Waals surface area contributed by atoms with Crippen LogP contribution < -0.4 is 5.32 Å². The molecule has 0 heterocycles. The fourth-order valence-electron chi connectivity index (χ4n) is 1.51. The van der Waals surface area contributed by atoms with Crippen molar-refractivity contribution in [2.24, 2.45) is 0 Å². The molecule has 1 aromatic rings. The van der Waals surface area contributed by atoms with Crippen molar-refractivity contribution >= 4 is 15.7 Å². The lowest BCUT2D eigenvalue weighted by Crippen LogP contribution is -2.38. The van der Waals surface area contributed by atoms with Gasteiger partial charge in [0, 0.05) is 6.54 Å². The van der Waals surface area contributed by atoms with Crippen molar-refractivity contribution in [3.05, 3.63) is 48.0 Å². The topological polar surface area (TPSA) is 63.2 Å². The number of carbonyl (C=O) groups excluding carboxylic acids is 1. The van der Waals surface area contributed by atoms with Crippen molar-refractivity contribution in [3.63, 3.8) is 0 Å². The van der Waals surface area contributed by atoms with E-state index in [-0.39, 0.29) is 5.75 Å². The molecular formula is C14H19NO3S. The molecule has 0 aliphatic carbocycles. The Balaban J connectivity index is 2.60. The molecule has 4 nitrogen and oxygen atoms in total. The molecule has 1 amide bonds. The molecule has 0 aliphatic rings.